The molecule has 29 heavy (non-hydrogen) atoms. The smallest absolute Gasteiger partial charge is 0.244 e. The number of benzene rings is 1. The Morgan fingerprint density at radius 1 is 1.34 bits per heavy atom. The molecule has 2 aromatic heterocycles. The maximum Gasteiger partial charge on any atom is 0.244 e. The van der Waals surface area contributed by atoms with Gasteiger partial charge in [-0.15, -0.1) is 0 Å². The summed E-state index contributed by atoms with van der Waals surface area (Å²) in [7, 11) is 1.66. The minimum absolute atomic E-state index is 0.0842. The number of carbonyl (C=O) groups excluding carboxylic acids is 1. The lowest BCUT2D eigenvalue weighted by atomic mass is 9.98. The molecule has 0 bridgehead atoms. The van der Waals surface area contributed by atoms with Gasteiger partial charge in [-0.1, -0.05) is 12.1 Å². The third-order valence-electron chi connectivity index (χ3n) is 5.27. The highest BCUT2D eigenvalue weighted by Crippen LogP contribution is 2.27. The van der Waals surface area contributed by atoms with Crippen molar-refractivity contribution in [2.24, 2.45) is 0 Å². The van der Waals surface area contributed by atoms with Crippen molar-refractivity contribution < 1.29 is 13.9 Å². The predicted octanol–water partition coefficient (Wildman–Crippen LogP) is 3.19. The first kappa shape index (κ1) is 19.2. The molecule has 0 spiro atoms. The molecule has 152 valence electrons. The van der Waals surface area contributed by atoms with E-state index < -0.39 is 0 Å². The summed E-state index contributed by atoms with van der Waals surface area (Å²) in [5.41, 5.74) is 2.17. The number of likely N-dealkylation sites (tertiary alicyclic amines) is 1. The molecular formula is C22H26N4O3. The van der Waals surface area contributed by atoms with Crippen LogP contribution in [0.5, 0.6) is 5.75 Å². The van der Waals surface area contributed by atoms with Crippen molar-refractivity contribution in [1.29, 1.82) is 0 Å². The Morgan fingerprint density at radius 2 is 2.24 bits per heavy atom. The van der Waals surface area contributed by atoms with Crippen LogP contribution in [0, 0.1) is 6.92 Å². The highest BCUT2D eigenvalue weighted by Gasteiger charge is 2.28. The van der Waals surface area contributed by atoms with Crippen molar-refractivity contribution >= 4 is 5.91 Å². The van der Waals surface area contributed by atoms with Crippen LogP contribution >= 0.6 is 0 Å². The molecule has 1 aliphatic rings. The fraction of sp³-hybridized carbons (Fsp3) is 0.409. The van der Waals surface area contributed by atoms with Crippen molar-refractivity contribution in [2.45, 2.75) is 38.6 Å². The van der Waals surface area contributed by atoms with Gasteiger partial charge in [0.15, 0.2) is 5.89 Å². The molecule has 0 unspecified atom stereocenters. The van der Waals surface area contributed by atoms with Crippen LogP contribution in [0.15, 0.2) is 47.3 Å². The predicted molar refractivity (Wildman–Crippen MR) is 108 cm³/mol. The fourth-order valence-corrected chi connectivity index (χ4v) is 3.77. The van der Waals surface area contributed by atoms with E-state index in [1.54, 1.807) is 24.2 Å². The monoisotopic (exact) mass is 394 g/mol. The Labute approximate surface area is 170 Å². The minimum atomic E-state index is 0.0842. The van der Waals surface area contributed by atoms with Crippen molar-refractivity contribution in [2.75, 3.05) is 20.2 Å². The summed E-state index contributed by atoms with van der Waals surface area (Å²) in [6.07, 6.45) is 8.04. The second-order valence-corrected chi connectivity index (χ2v) is 7.59. The summed E-state index contributed by atoms with van der Waals surface area (Å²) >= 11 is 0. The van der Waals surface area contributed by atoms with Crippen LogP contribution in [0.4, 0.5) is 0 Å². The molecule has 3 aromatic rings. The minimum Gasteiger partial charge on any atom is -0.497 e. The van der Waals surface area contributed by atoms with Gasteiger partial charge in [0.05, 0.1) is 25.4 Å². The van der Waals surface area contributed by atoms with Crippen LogP contribution in [0.1, 0.15) is 41.5 Å². The Hall–Kier alpha value is -3.09. The quantitative estimate of drug-likeness (QED) is 0.642. The van der Waals surface area contributed by atoms with Crippen molar-refractivity contribution in [1.82, 2.24) is 19.7 Å². The van der Waals surface area contributed by atoms with E-state index in [4.69, 9.17) is 9.15 Å². The molecule has 0 saturated carbocycles. The largest absolute Gasteiger partial charge is 0.497 e. The Kier molecular flexibility index (Phi) is 5.64. The third kappa shape index (κ3) is 4.67. The number of aryl methyl sites for hydroxylation is 1. The van der Waals surface area contributed by atoms with E-state index in [1.807, 2.05) is 42.3 Å². The molecule has 7 nitrogen and oxygen atoms in total. The molecule has 1 aromatic carbocycles. The SMILES string of the molecule is COc1cccc(Cc2cnc([C@@H]3CCCN(C(=O)Cn4cc(C)cn4)C3)o2)c1. The van der Waals surface area contributed by atoms with Crippen molar-refractivity contribution in [3.8, 4) is 5.75 Å². The zero-order valence-electron chi connectivity index (χ0n) is 16.9. The van der Waals surface area contributed by atoms with Gasteiger partial charge < -0.3 is 14.1 Å². The van der Waals surface area contributed by atoms with Gasteiger partial charge in [-0.2, -0.15) is 5.10 Å². The molecule has 1 aliphatic heterocycles. The maximum atomic E-state index is 12.7. The number of rotatable bonds is 6. The number of methoxy groups -OCH3 is 1. The van der Waals surface area contributed by atoms with Gasteiger partial charge in [-0.25, -0.2) is 4.98 Å². The van der Waals surface area contributed by atoms with Crippen LogP contribution < -0.4 is 4.74 Å². The Balaban J connectivity index is 1.39. The Bertz CT molecular complexity index is 978. The summed E-state index contributed by atoms with van der Waals surface area (Å²) in [6.45, 7) is 3.65. The first-order valence-corrected chi connectivity index (χ1v) is 9.95. The van der Waals surface area contributed by atoms with E-state index >= 15 is 0 Å². The lowest BCUT2D eigenvalue weighted by Crippen LogP contribution is -2.41. The lowest BCUT2D eigenvalue weighted by molar-refractivity contribution is -0.133. The highest BCUT2D eigenvalue weighted by molar-refractivity contribution is 5.76. The average molecular weight is 394 g/mol. The Morgan fingerprint density at radius 3 is 3.03 bits per heavy atom. The van der Waals surface area contributed by atoms with Crippen molar-refractivity contribution in [3.05, 3.63) is 65.6 Å². The van der Waals surface area contributed by atoms with Gasteiger partial charge >= 0.3 is 0 Å². The zero-order valence-corrected chi connectivity index (χ0v) is 16.9. The zero-order chi connectivity index (χ0) is 20.2. The highest BCUT2D eigenvalue weighted by atomic mass is 16.5. The molecule has 4 rings (SSSR count). The fourth-order valence-electron chi connectivity index (χ4n) is 3.77. The van der Waals surface area contributed by atoms with Gasteiger partial charge in [0.25, 0.3) is 0 Å². The van der Waals surface area contributed by atoms with Gasteiger partial charge in [0.2, 0.25) is 5.91 Å². The number of hydrogen-bond acceptors (Lipinski definition) is 5. The third-order valence-corrected chi connectivity index (χ3v) is 5.27. The van der Waals surface area contributed by atoms with Gasteiger partial charge in [-0.3, -0.25) is 9.48 Å². The summed E-state index contributed by atoms with van der Waals surface area (Å²) in [4.78, 5) is 19.1. The van der Waals surface area contributed by atoms with E-state index in [0.717, 1.165) is 47.9 Å². The standard InChI is InChI=1S/C22H26N4O3/c1-16-11-24-26(13-16)15-21(27)25-8-4-6-18(14-25)22-23-12-20(29-22)10-17-5-3-7-19(9-17)28-2/h3,5,7,9,11-13,18H,4,6,8,10,14-15H2,1-2H3/t18-/m1/s1. The molecule has 1 fully saturated rings. The normalized spacial score (nSPS) is 16.8. The van der Waals surface area contributed by atoms with Crippen molar-refractivity contribution in [3.63, 3.8) is 0 Å². The number of oxazole rings is 1. The van der Waals surface area contributed by atoms with Crippen LogP contribution in [-0.4, -0.2) is 45.8 Å². The number of piperidine rings is 1. The summed E-state index contributed by atoms with van der Waals surface area (Å²) in [6, 6.07) is 7.94. The van der Waals surface area contributed by atoms with E-state index in [0.29, 0.717) is 13.0 Å². The molecule has 0 N–H and O–H groups in total. The van der Waals surface area contributed by atoms with E-state index in [1.165, 1.54) is 0 Å². The molecule has 0 radical (unpaired) electrons. The molecule has 1 amide bonds. The van der Waals surface area contributed by atoms with Gasteiger partial charge in [0, 0.05) is 25.7 Å². The average Bonchev–Trinajstić information content (AvgIpc) is 3.37. The summed E-state index contributed by atoms with van der Waals surface area (Å²) in [5.74, 6) is 2.59. The number of nitrogens with zero attached hydrogens (tertiary/aromatic N) is 4. The van der Waals surface area contributed by atoms with Crippen LogP contribution in [0.2, 0.25) is 0 Å². The summed E-state index contributed by atoms with van der Waals surface area (Å²) < 4.78 is 13.0. The number of amides is 1. The maximum absolute atomic E-state index is 12.7. The first-order valence-electron chi connectivity index (χ1n) is 9.95. The number of ether oxygens (including phenoxy) is 1. The summed E-state index contributed by atoms with van der Waals surface area (Å²) in [5, 5.41) is 4.21. The van der Waals surface area contributed by atoms with E-state index in [9.17, 15) is 4.79 Å². The molecule has 1 saturated heterocycles. The molecule has 7 heteroatoms. The van der Waals surface area contributed by atoms with E-state index in [2.05, 4.69) is 10.1 Å². The van der Waals surface area contributed by atoms with Gasteiger partial charge in [-0.05, 0) is 43.0 Å². The first-order chi connectivity index (χ1) is 14.1. The van der Waals surface area contributed by atoms with E-state index in [-0.39, 0.29) is 18.4 Å². The second kappa shape index (κ2) is 8.51. The molecule has 1 atom stereocenters. The number of carbonyl (C=O) groups is 1. The lowest BCUT2D eigenvalue weighted by Gasteiger charge is -2.31. The van der Waals surface area contributed by atoms with Crippen LogP contribution in [-0.2, 0) is 17.8 Å². The second-order valence-electron chi connectivity index (χ2n) is 7.59. The topological polar surface area (TPSA) is 73.4 Å². The van der Waals surface area contributed by atoms with Crippen LogP contribution in [0.3, 0.4) is 0 Å². The molecule has 0 aliphatic carbocycles. The number of aromatic nitrogens is 3. The molecular weight excluding hydrogens is 368 g/mol. The molecule has 3 heterocycles. The number of hydrogen-bond donors (Lipinski definition) is 0. The van der Waals surface area contributed by atoms with Gasteiger partial charge in [0.1, 0.15) is 18.1 Å². The van der Waals surface area contributed by atoms with Crippen LogP contribution in [0.25, 0.3) is 0 Å².